The van der Waals surface area contributed by atoms with Gasteiger partial charge in [-0.25, -0.2) is 0 Å². The lowest BCUT2D eigenvalue weighted by molar-refractivity contribution is 0.102. The smallest absolute Gasteiger partial charge is 0.279 e. The summed E-state index contributed by atoms with van der Waals surface area (Å²) in [6.07, 6.45) is 2.01. The molecule has 1 saturated heterocycles. The van der Waals surface area contributed by atoms with Crippen molar-refractivity contribution in [2.24, 2.45) is 0 Å². The number of nitrogens with zero attached hydrogens (tertiary/aromatic N) is 3. The highest BCUT2D eigenvalue weighted by Crippen LogP contribution is 2.28. The van der Waals surface area contributed by atoms with Gasteiger partial charge in [-0.15, -0.1) is 0 Å². The van der Waals surface area contributed by atoms with E-state index in [0.717, 1.165) is 30.7 Å². The highest BCUT2D eigenvalue weighted by molar-refractivity contribution is 6.06. The summed E-state index contributed by atoms with van der Waals surface area (Å²) in [7, 11) is 0. The van der Waals surface area contributed by atoms with Gasteiger partial charge in [0.25, 0.3) is 5.91 Å². The number of ether oxygens (including phenoxy) is 1. The normalized spacial score (nSPS) is 17.1. The summed E-state index contributed by atoms with van der Waals surface area (Å²) in [5.41, 5.74) is 2.41. The number of hydrogen-bond donors (Lipinski definition) is 3. The maximum Gasteiger partial charge on any atom is 0.279 e. The van der Waals surface area contributed by atoms with Gasteiger partial charge < -0.3 is 10.1 Å². The zero-order valence-corrected chi connectivity index (χ0v) is 12.8. The van der Waals surface area contributed by atoms with Crippen LogP contribution in [-0.4, -0.2) is 38.1 Å². The van der Waals surface area contributed by atoms with Crippen molar-refractivity contribution in [3.05, 3.63) is 47.8 Å². The van der Waals surface area contributed by atoms with E-state index in [-0.39, 0.29) is 17.7 Å². The summed E-state index contributed by atoms with van der Waals surface area (Å²) in [4.78, 5) is 12.5. The van der Waals surface area contributed by atoms with Crippen LogP contribution in [0.3, 0.4) is 0 Å². The fraction of sp³-hybridized carbons (Fsp3) is 0.250. The van der Waals surface area contributed by atoms with Crippen molar-refractivity contribution in [2.75, 3.05) is 11.9 Å². The van der Waals surface area contributed by atoms with Crippen LogP contribution in [0.25, 0.3) is 11.3 Å². The van der Waals surface area contributed by atoms with E-state index in [1.807, 2.05) is 30.3 Å². The number of carbonyl (C=O) groups excluding carboxylic acids is 1. The number of H-pyrrole nitrogens is 2. The Hall–Kier alpha value is -3.00. The SMILES string of the molecule is O=C(Nc1cc(C2CCCO2)[nH]n1)c1n[nH]nc1-c1ccccc1. The number of carbonyl (C=O) groups is 1. The molecule has 1 fully saturated rings. The predicted octanol–water partition coefficient (Wildman–Crippen LogP) is 2.30. The first-order chi connectivity index (χ1) is 11.8. The van der Waals surface area contributed by atoms with Gasteiger partial charge in [-0.3, -0.25) is 9.89 Å². The van der Waals surface area contributed by atoms with Gasteiger partial charge in [-0.2, -0.15) is 20.5 Å². The Morgan fingerprint density at radius 1 is 1.21 bits per heavy atom. The number of anilines is 1. The van der Waals surface area contributed by atoms with Gasteiger partial charge in [-0.05, 0) is 12.8 Å². The van der Waals surface area contributed by atoms with E-state index >= 15 is 0 Å². The quantitative estimate of drug-likeness (QED) is 0.682. The molecule has 1 aliphatic rings. The fourth-order valence-corrected chi connectivity index (χ4v) is 2.75. The van der Waals surface area contributed by atoms with E-state index < -0.39 is 0 Å². The van der Waals surface area contributed by atoms with Crippen LogP contribution in [0.2, 0.25) is 0 Å². The van der Waals surface area contributed by atoms with Crippen molar-refractivity contribution in [2.45, 2.75) is 18.9 Å². The summed E-state index contributed by atoms with van der Waals surface area (Å²) >= 11 is 0. The summed E-state index contributed by atoms with van der Waals surface area (Å²) in [5, 5.41) is 20.3. The maximum atomic E-state index is 12.5. The molecule has 122 valence electrons. The Labute approximate surface area is 137 Å². The van der Waals surface area contributed by atoms with Gasteiger partial charge in [0, 0.05) is 18.2 Å². The Morgan fingerprint density at radius 3 is 2.88 bits per heavy atom. The molecule has 0 saturated carbocycles. The lowest BCUT2D eigenvalue weighted by Crippen LogP contribution is -2.14. The summed E-state index contributed by atoms with van der Waals surface area (Å²) in [6.45, 7) is 0.755. The van der Waals surface area contributed by atoms with Gasteiger partial charge >= 0.3 is 0 Å². The Bertz CT molecular complexity index is 835. The van der Waals surface area contributed by atoms with Crippen LogP contribution in [0.5, 0.6) is 0 Å². The second-order valence-electron chi connectivity index (χ2n) is 5.55. The highest BCUT2D eigenvalue weighted by atomic mass is 16.5. The van der Waals surface area contributed by atoms with Crippen molar-refractivity contribution in [1.29, 1.82) is 0 Å². The van der Waals surface area contributed by atoms with E-state index in [1.54, 1.807) is 6.07 Å². The molecule has 0 aliphatic carbocycles. The molecule has 8 nitrogen and oxygen atoms in total. The number of aromatic nitrogens is 5. The number of aromatic amines is 2. The molecule has 24 heavy (non-hydrogen) atoms. The zero-order valence-electron chi connectivity index (χ0n) is 12.8. The number of rotatable bonds is 4. The monoisotopic (exact) mass is 324 g/mol. The minimum absolute atomic E-state index is 0.0232. The third kappa shape index (κ3) is 2.79. The molecular formula is C16H16N6O2. The summed E-state index contributed by atoms with van der Waals surface area (Å²) in [5.74, 6) is 0.0699. The van der Waals surface area contributed by atoms with Crippen molar-refractivity contribution in [3.8, 4) is 11.3 Å². The molecule has 1 unspecified atom stereocenters. The molecule has 2 aromatic heterocycles. The molecule has 0 radical (unpaired) electrons. The molecule has 3 aromatic rings. The van der Waals surface area contributed by atoms with Gasteiger partial charge in [0.1, 0.15) is 5.69 Å². The molecule has 1 aliphatic heterocycles. The molecule has 0 bridgehead atoms. The molecule has 3 heterocycles. The van der Waals surface area contributed by atoms with E-state index in [0.29, 0.717) is 11.5 Å². The standard InChI is InChI=1S/C16H16N6O2/c23-16(15-14(20-22-21-15)10-5-2-1-3-6-10)17-13-9-11(18-19-13)12-7-4-8-24-12/h1-3,5-6,9,12H,4,7-8H2,(H,20,21,22)(H2,17,18,19,23). The number of nitrogens with one attached hydrogen (secondary N) is 3. The summed E-state index contributed by atoms with van der Waals surface area (Å²) in [6, 6.07) is 11.2. The van der Waals surface area contributed by atoms with Crippen LogP contribution < -0.4 is 5.32 Å². The number of hydrogen-bond acceptors (Lipinski definition) is 5. The van der Waals surface area contributed by atoms with Crippen LogP contribution in [0.15, 0.2) is 36.4 Å². The largest absolute Gasteiger partial charge is 0.372 e. The van der Waals surface area contributed by atoms with Crippen LogP contribution >= 0.6 is 0 Å². The summed E-state index contributed by atoms with van der Waals surface area (Å²) < 4.78 is 5.60. The molecule has 1 aromatic carbocycles. The second kappa shape index (κ2) is 6.25. The minimum atomic E-state index is -0.368. The topological polar surface area (TPSA) is 109 Å². The van der Waals surface area contributed by atoms with Gasteiger partial charge in [0.15, 0.2) is 11.5 Å². The van der Waals surface area contributed by atoms with Crippen LogP contribution in [0.1, 0.15) is 35.1 Å². The lowest BCUT2D eigenvalue weighted by Gasteiger charge is -2.04. The molecular weight excluding hydrogens is 308 g/mol. The number of benzene rings is 1. The minimum Gasteiger partial charge on any atom is -0.372 e. The van der Waals surface area contributed by atoms with Crippen molar-refractivity contribution >= 4 is 11.7 Å². The molecule has 3 N–H and O–H groups in total. The Balaban J connectivity index is 1.52. The molecule has 0 spiro atoms. The Kier molecular flexibility index (Phi) is 3.80. The predicted molar refractivity (Wildman–Crippen MR) is 86.3 cm³/mol. The van der Waals surface area contributed by atoms with Crippen molar-refractivity contribution in [1.82, 2.24) is 25.6 Å². The average molecular weight is 324 g/mol. The first kappa shape index (κ1) is 14.6. The lowest BCUT2D eigenvalue weighted by atomic mass is 10.1. The zero-order chi connectivity index (χ0) is 16.4. The van der Waals surface area contributed by atoms with E-state index in [1.165, 1.54) is 0 Å². The molecule has 1 atom stereocenters. The van der Waals surface area contributed by atoms with Gasteiger partial charge in [-0.1, -0.05) is 30.3 Å². The Morgan fingerprint density at radius 2 is 2.08 bits per heavy atom. The third-order valence-corrected chi connectivity index (χ3v) is 3.93. The van der Waals surface area contributed by atoms with Crippen LogP contribution in [0.4, 0.5) is 5.82 Å². The fourth-order valence-electron chi connectivity index (χ4n) is 2.75. The number of amides is 1. The second-order valence-corrected chi connectivity index (χ2v) is 5.55. The first-order valence-electron chi connectivity index (χ1n) is 7.76. The van der Waals surface area contributed by atoms with E-state index in [9.17, 15) is 4.79 Å². The average Bonchev–Trinajstić information content (AvgIpc) is 3.36. The third-order valence-electron chi connectivity index (χ3n) is 3.93. The van der Waals surface area contributed by atoms with Crippen molar-refractivity contribution < 1.29 is 9.53 Å². The molecule has 1 amide bonds. The first-order valence-corrected chi connectivity index (χ1v) is 7.76. The van der Waals surface area contributed by atoms with Crippen LogP contribution in [0, 0.1) is 0 Å². The van der Waals surface area contributed by atoms with Crippen molar-refractivity contribution in [3.63, 3.8) is 0 Å². The molecule has 8 heteroatoms. The van der Waals surface area contributed by atoms with E-state index in [4.69, 9.17) is 4.74 Å². The van der Waals surface area contributed by atoms with Gasteiger partial charge in [0.2, 0.25) is 0 Å². The van der Waals surface area contributed by atoms with Gasteiger partial charge in [0.05, 0.1) is 11.8 Å². The van der Waals surface area contributed by atoms with E-state index in [2.05, 4.69) is 30.9 Å². The highest BCUT2D eigenvalue weighted by Gasteiger charge is 2.22. The maximum absolute atomic E-state index is 12.5. The molecule has 4 rings (SSSR count). The van der Waals surface area contributed by atoms with Crippen LogP contribution in [-0.2, 0) is 4.74 Å².